The fraction of sp³-hybridized carbons (Fsp3) is 0.588. The molecule has 6 nitrogen and oxygen atoms in total. The predicted octanol–water partition coefficient (Wildman–Crippen LogP) is 1.67. The maximum absolute atomic E-state index is 12.7. The molecule has 1 fully saturated rings. The Morgan fingerprint density at radius 2 is 2.00 bits per heavy atom. The van der Waals surface area contributed by atoms with Crippen molar-refractivity contribution in [1.82, 2.24) is 9.62 Å². The molecule has 2 atom stereocenters. The van der Waals surface area contributed by atoms with Crippen LogP contribution in [0.5, 0.6) is 0 Å². The van der Waals surface area contributed by atoms with Gasteiger partial charge < -0.3 is 11.1 Å². The van der Waals surface area contributed by atoms with Crippen molar-refractivity contribution in [2.24, 2.45) is 11.7 Å². The molecule has 0 bridgehead atoms. The molecule has 1 aromatic rings. The van der Waals surface area contributed by atoms with E-state index < -0.39 is 10.0 Å². The lowest BCUT2D eigenvalue weighted by Crippen LogP contribution is -2.45. The van der Waals surface area contributed by atoms with Crippen molar-refractivity contribution in [1.29, 1.82) is 0 Å². The lowest BCUT2D eigenvalue weighted by molar-refractivity contribution is -0.126. The van der Waals surface area contributed by atoms with Crippen molar-refractivity contribution in [2.45, 2.75) is 44.0 Å². The highest BCUT2D eigenvalue weighted by molar-refractivity contribution is 7.89. The third kappa shape index (κ3) is 5.95. The smallest absolute Gasteiger partial charge is 0.243 e. The molecule has 3 N–H and O–H groups in total. The quantitative estimate of drug-likeness (QED) is 0.774. The molecule has 0 saturated carbocycles. The van der Waals surface area contributed by atoms with Gasteiger partial charge in [0.05, 0.1) is 10.8 Å². The Kier molecular flexibility index (Phi) is 8.34. The molecule has 0 aliphatic carbocycles. The van der Waals surface area contributed by atoms with Gasteiger partial charge in [-0.25, -0.2) is 8.42 Å². The molecule has 0 radical (unpaired) electrons. The maximum atomic E-state index is 12.7. The Hall–Kier alpha value is -1.15. The fourth-order valence-electron chi connectivity index (χ4n) is 2.80. The van der Waals surface area contributed by atoms with Gasteiger partial charge in [-0.2, -0.15) is 4.31 Å². The third-order valence-electron chi connectivity index (χ3n) is 4.31. The topological polar surface area (TPSA) is 92.5 Å². The molecule has 1 aromatic carbocycles. The minimum atomic E-state index is -3.55. The summed E-state index contributed by atoms with van der Waals surface area (Å²) in [5.41, 5.74) is 6.69. The summed E-state index contributed by atoms with van der Waals surface area (Å²) in [6, 6.07) is 6.85. The monoisotopic (exact) mass is 389 g/mol. The van der Waals surface area contributed by atoms with Gasteiger partial charge in [0.1, 0.15) is 0 Å². The Bertz CT molecular complexity index is 662. The lowest BCUT2D eigenvalue weighted by Gasteiger charge is -2.31. The molecule has 142 valence electrons. The van der Waals surface area contributed by atoms with Gasteiger partial charge in [0.2, 0.25) is 15.9 Å². The van der Waals surface area contributed by atoms with Crippen LogP contribution >= 0.6 is 12.4 Å². The number of nitrogens with zero attached hydrogens (tertiary/aromatic N) is 1. The van der Waals surface area contributed by atoms with E-state index in [0.29, 0.717) is 32.4 Å². The number of hydrogen-bond donors (Lipinski definition) is 2. The standard InChI is InChI=1S/C17H27N3O3S.ClH/c1-13-5-7-16(8-6-13)24(22,23)20-11-3-4-15(12-20)17(21)19-10-9-14(2)18;/h5-8,14-15H,3-4,9-12,18H2,1-2H3,(H,19,21);1H. The number of nitrogens with one attached hydrogen (secondary N) is 1. The highest BCUT2D eigenvalue weighted by Gasteiger charge is 2.33. The first-order valence-corrected chi connectivity index (χ1v) is 9.85. The SMILES string of the molecule is Cc1ccc(S(=O)(=O)N2CCCC(C(=O)NCCC(C)N)C2)cc1.Cl. The first-order valence-electron chi connectivity index (χ1n) is 8.41. The van der Waals surface area contributed by atoms with Crippen LogP contribution in [0, 0.1) is 12.8 Å². The number of sulfonamides is 1. The first kappa shape index (κ1) is 21.9. The molecule has 2 unspecified atom stereocenters. The number of amides is 1. The normalized spacial score (nSPS) is 19.7. The minimum Gasteiger partial charge on any atom is -0.356 e. The summed E-state index contributed by atoms with van der Waals surface area (Å²) in [6.07, 6.45) is 2.12. The fourth-order valence-corrected chi connectivity index (χ4v) is 4.33. The molecule has 2 rings (SSSR count). The molecule has 1 aliphatic rings. The van der Waals surface area contributed by atoms with Crippen molar-refractivity contribution in [2.75, 3.05) is 19.6 Å². The Morgan fingerprint density at radius 1 is 1.36 bits per heavy atom. The molecule has 1 heterocycles. The molecule has 0 aromatic heterocycles. The van der Waals surface area contributed by atoms with Crippen LogP contribution in [-0.2, 0) is 14.8 Å². The second kappa shape index (κ2) is 9.52. The Morgan fingerprint density at radius 3 is 2.60 bits per heavy atom. The van der Waals surface area contributed by atoms with E-state index in [2.05, 4.69) is 5.32 Å². The molecule has 1 saturated heterocycles. The van der Waals surface area contributed by atoms with E-state index in [0.717, 1.165) is 5.56 Å². The van der Waals surface area contributed by atoms with Gasteiger partial charge in [-0.3, -0.25) is 4.79 Å². The molecular weight excluding hydrogens is 362 g/mol. The zero-order valence-corrected chi connectivity index (χ0v) is 16.4. The van der Waals surface area contributed by atoms with E-state index >= 15 is 0 Å². The summed E-state index contributed by atoms with van der Waals surface area (Å²) in [5, 5.41) is 2.86. The molecular formula is C17H28ClN3O3S. The van der Waals surface area contributed by atoms with Gasteiger partial charge in [-0.05, 0) is 45.2 Å². The number of carbonyl (C=O) groups is 1. The summed E-state index contributed by atoms with van der Waals surface area (Å²) < 4.78 is 26.9. The lowest BCUT2D eigenvalue weighted by atomic mass is 9.99. The van der Waals surface area contributed by atoms with Crippen LogP contribution < -0.4 is 11.1 Å². The number of halogens is 1. The van der Waals surface area contributed by atoms with E-state index in [1.54, 1.807) is 24.3 Å². The van der Waals surface area contributed by atoms with Crippen molar-refractivity contribution in [3.8, 4) is 0 Å². The van der Waals surface area contributed by atoms with Crippen molar-refractivity contribution >= 4 is 28.3 Å². The third-order valence-corrected chi connectivity index (χ3v) is 6.19. The van der Waals surface area contributed by atoms with Crippen LogP contribution in [0.2, 0.25) is 0 Å². The largest absolute Gasteiger partial charge is 0.356 e. The second-order valence-electron chi connectivity index (χ2n) is 6.57. The van der Waals surface area contributed by atoms with Gasteiger partial charge in [0.15, 0.2) is 0 Å². The second-order valence-corrected chi connectivity index (χ2v) is 8.51. The number of piperidine rings is 1. The number of rotatable bonds is 6. The van der Waals surface area contributed by atoms with E-state index in [9.17, 15) is 13.2 Å². The summed E-state index contributed by atoms with van der Waals surface area (Å²) >= 11 is 0. The summed E-state index contributed by atoms with van der Waals surface area (Å²) in [6.45, 7) is 5.03. The number of aryl methyl sites for hydroxylation is 1. The van der Waals surface area contributed by atoms with E-state index in [1.165, 1.54) is 4.31 Å². The van der Waals surface area contributed by atoms with Gasteiger partial charge in [0, 0.05) is 25.7 Å². The average Bonchev–Trinajstić information content (AvgIpc) is 2.55. The Labute approximate surface area is 156 Å². The highest BCUT2D eigenvalue weighted by Crippen LogP contribution is 2.24. The molecule has 1 amide bonds. The molecule has 25 heavy (non-hydrogen) atoms. The van der Waals surface area contributed by atoms with E-state index in [4.69, 9.17) is 5.73 Å². The van der Waals surface area contributed by atoms with Gasteiger partial charge >= 0.3 is 0 Å². The number of nitrogens with two attached hydrogens (primary N) is 1. The van der Waals surface area contributed by atoms with E-state index in [-0.39, 0.29) is 41.7 Å². The summed E-state index contributed by atoms with van der Waals surface area (Å²) in [7, 11) is -3.55. The predicted molar refractivity (Wildman–Crippen MR) is 101 cm³/mol. The Balaban J connectivity index is 0.00000312. The van der Waals surface area contributed by atoms with Crippen molar-refractivity contribution in [3.63, 3.8) is 0 Å². The van der Waals surface area contributed by atoms with Crippen molar-refractivity contribution < 1.29 is 13.2 Å². The maximum Gasteiger partial charge on any atom is 0.243 e. The van der Waals surface area contributed by atoms with Gasteiger partial charge in [-0.1, -0.05) is 17.7 Å². The molecule has 1 aliphatic heterocycles. The zero-order valence-electron chi connectivity index (χ0n) is 14.8. The minimum absolute atomic E-state index is 0. The summed E-state index contributed by atoms with van der Waals surface area (Å²) in [4.78, 5) is 12.5. The number of hydrogen-bond acceptors (Lipinski definition) is 4. The van der Waals surface area contributed by atoms with Crippen LogP contribution in [0.3, 0.4) is 0 Å². The zero-order chi connectivity index (χ0) is 17.7. The number of carbonyl (C=O) groups excluding carboxylic acids is 1. The molecule has 0 spiro atoms. The average molecular weight is 390 g/mol. The van der Waals surface area contributed by atoms with E-state index in [1.807, 2.05) is 13.8 Å². The first-order chi connectivity index (χ1) is 11.3. The van der Waals surface area contributed by atoms with Crippen LogP contribution in [0.4, 0.5) is 0 Å². The number of benzene rings is 1. The van der Waals surface area contributed by atoms with Gasteiger partial charge in [0.25, 0.3) is 0 Å². The molecule has 8 heteroatoms. The van der Waals surface area contributed by atoms with Crippen LogP contribution in [0.1, 0.15) is 31.7 Å². The van der Waals surface area contributed by atoms with Crippen LogP contribution in [0.25, 0.3) is 0 Å². The van der Waals surface area contributed by atoms with Gasteiger partial charge in [-0.15, -0.1) is 12.4 Å². The van der Waals surface area contributed by atoms with Crippen LogP contribution in [-0.4, -0.2) is 44.3 Å². The highest BCUT2D eigenvalue weighted by atomic mass is 35.5. The summed E-state index contributed by atoms with van der Waals surface area (Å²) in [5.74, 6) is -0.383. The van der Waals surface area contributed by atoms with Crippen molar-refractivity contribution in [3.05, 3.63) is 29.8 Å². The van der Waals surface area contributed by atoms with Crippen LogP contribution in [0.15, 0.2) is 29.2 Å².